The van der Waals surface area contributed by atoms with Gasteiger partial charge in [0.1, 0.15) is 5.75 Å². The van der Waals surface area contributed by atoms with E-state index in [1.165, 1.54) is 5.69 Å². The maximum absolute atomic E-state index is 11.8. The first-order valence-electron chi connectivity index (χ1n) is 8.83. The average molecular weight is 345 g/mol. The number of ether oxygens (including phenoxy) is 1. The Labute approximate surface area is 149 Å². The summed E-state index contributed by atoms with van der Waals surface area (Å²) < 4.78 is 5.30. The Hall–Kier alpha value is -2.44. The van der Waals surface area contributed by atoms with Crippen molar-refractivity contribution < 1.29 is 9.53 Å². The van der Waals surface area contributed by atoms with E-state index in [1.54, 1.807) is 14.2 Å². The number of benzene rings is 1. The summed E-state index contributed by atoms with van der Waals surface area (Å²) in [5.74, 6) is 1.70. The molecular weight excluding hydrogens is 318 g/mol. The van der Waals surface area contributed by atoms with Gasteiger partial charge in [-0.1, -0.05) is 6.07 Å². The van der Waals surface area contributed by atoms with E-state index in [0.717, 1.165) is 50.7 Å². The zero-order valence-electron chi connectivity index (χ0n) is 15.0. The normalized spacial score (nSPS) is 18.1. The second kappa shape index (κ2) is 8.09. The minimum atomic E-state index is 0.0404. The number of amides is 1. The van der Waals surface area contributed by atoms with Crippen LogP contribution in [0.25, 0.3) is 0 Å². The van der Waals surface area contributed by atoms with Gasteiger partial charge < -0.3 is 25.2 Å². The fourth-order valence-corrected chi connectivity index (χ4v) is 2.98. The van der Waals surface area contributed by atoms with Crippen molar-refractivity contribution in [3.63, 3.8) is 0 Å². The van der Waals surface area contributed by atoms with Crippen LogP contribution in [0.4, 0.5) is 5.69 Å². The van der Waals surface area contributed by atoms with Crippen LogP contribution < -0.4 is 20.3 Å². The molecule has 0 spiro atoms. The van der Waals surface area contributed by atoms with E-state index < -0.39 is 0 Å². The number of guanidine groups is 1. The van der Waals surface area contributed by atoms with Gasteiger partial charge in [0.2, 0.25) is 5.91 Å². The number of aliphatic imine (C=N–C) groups is 1. The maximum Gasteiger partial charge on any atom is 0.239 e. The number of nitrogens with one attached hydrogen (secondary N) is 2. The maximum atomic E-state index is 11.8. The van der Waals surface area contributed by atoms with Gasteiger partial charge >= 0.3 is 0 Å². The van der Waals surface area contributed by atoms with Crippen molar-refractivity contribution in [2.75, 3.05) is 51.8 Å². The van der Waals surface area contributed by atoms with Crippen LogP contribution in [0.3, 0.4) is 0 Å². The molecule has 1 aromatic rings. The number of anilines is 1. The quantitative estimate of drug-likeness (QED) is 0.606. The summed E-state index contributed by atoms with van der Waals surface area (Å²) in [4.78, 5) is 20.7. The average Bonchev–Trinajstić information content (AvgIpc) is 3.46. The van der Waals surface area contributed by atoms with E-state index in [2.05, 4.69) is 37.6 Å². The van der Waals surface area contributed by atoms with Crippen molar-refractivity contribution in [2.24, 2.45) is 4.99 Å². The number of rotatable bonds is 5. The Morgan fingerprint density at radius 1 is 1.28 bits per heavy atom. The summed E-state index contributed by atoms with van der Waals surface area (Å²) in [5, 5.41) is 6.15. The highest BCUT2D eigenvalue weighted by atomic mass is 16.5. The molecule has 1 amide bonds. The van der Waals surface area contributed by atoms with E-state index in [1.807, 2.05) is 12.1 Å². The van der Waals surface area contributed by atoms with Gasteiger partial charge in [-0.25, -0.2) is 0 Å². The molecule has 7 heteroatoms. The van der Waals surface area contributed by atoms with Crippen LogP contribution in [-0.2, 0) is 4.79 Å². The lowest BCUT2D eigenvalue weighted by Crippen LogP contribution is -2.53. The summed E-state index contributed by atoms with van der Waals surface area (Å²) >= 11 is 0. The number of piperazine rings is 1. The van der Waals surface area contributed by atoms with Crippen molar-refractivity contribution in [3.8, 4) is 5.75 Å². The Morgan fingerprint density at radius 2 is 2.04 bits per heavy atom. The third kappa shape index (κ3) is 4.78. The van der Waals surface area contributed by atoms with E-state index in [9.17, 15) is 4.79 Å². The zero-order valence-corrected chi connectivity index (χ0v) is 15.0. The smallest absolute Gasteiger partial charge is 0.239 e. The SMILES string of the molecule is CN=C(NCC(=O)NC1CC1)N1CCN(c2cccc(OC)c2)CC1. The molecule has 136 valence electrons. The summed E-state index contributed by atoms with van der Waals surface area (Å²) in [6.45, 7) is 3.81. The lowest BCUT2D eigenvalue weighted by atomic mass is 10.2. The Morgan fingerprint density at radius 3 is 2.68 bits per heavy atom. The van der Waals surface area contributed by atoms with Gasteiger partial charge in [-0.3, -0.25) is 9.79 Å². The van der Waals surface area contributed by atoms with Crippen molar-refractivity contribution >= 4 is 17.6 Å². The molecule has 0 atom stereocenters. The second-order valence-corrected chi connectivity index (χ2v) is 6.42. The predicted octanol–water partition coefficient (Wildman–Crippen LogP) is 0.671. The lowest BCUT2D eigenvalue weighted by Gasteiger charge is -2.37. The molecule has 1 saturated carbocycles. The molecule has 0 unspecified atom stereocenters. The Balaban J connectivity index is 1.48. The molecule has 25 heavy (non-hydrogen) atoms. The number of hydrogen-bond acceptors (Lipinski definition) is 4. The zero-order chi connectivity index (χ0) is 17.6. The first kappa shape index (κ1) is 17.4. The van der Waals surface area contributed by atoms with E-state index in [0.29, 0.717) is 6.04 Å². The minimum absolute atomic E-state index is 0.0404. The molecule has 1 aromatic carbocycles. The highest BCUT2D eigenvalue weighted by Crippen LogP contribution is 2.22. The van der Waals surface area contributed by atoms with Crippen LogP contribution in [0, 0.1) is 0 Å². The second-order valence-electron chi connectivity index (χ2n) is 6.42. The van der Waals surface area contributed by atoms with E-state index >= 15 is 0 Å². The van der Waals surface area contributed by atoms with E-state index in [4.69, 9.17) is 4.74 Å². The highest BCUT2D eigenvalue weighted by Gasteiger charge is 2.24. The Kier molecular flexibility index (Phi) is 5.63. The molecule has 0 bridgehead atoms. The molecule has 2 fully saturated rings. The minimum Gasteiger partial charge on any atom is -0.497 e. The molecule has 3 rings (SSSR count). The molecule has 0 radical (unpaired) electrons. The van der Waals surface area contributed by atoms with Gasteiger partial charge in [-0.15, -0.1) is 0 Å². The topological polar surface area (TPSA) is 69.2 Å². The van der Waals surface area contributed by atoms with Crippen LogP contribution >= 0.6 is 0 Å². The first-order valence-corrected chi connectivity index (χ1v) is 8.83. The summed E-state index contributed by atoms with van der Waals surface area (Å²) in [7, 11) is 3.45. The monoisotopic (exact) mass is 345 g/mol. The highest BCUT2D eigenvalue weighted by molar-refractivity contribution is 5.86. The molecule has 1 aliphatic carbocycles. The molecule has 2 N–H and O–H groups in total. The van der Waals surface area contributed by atoms with Crippen LogP contribution in [-0.4, -0.2) is 69.7 Å². The third-order valence-corrected chi connectivity index (χ3v) is 4.56. The third-order valence-electron chi connectivity index (χ3n) is 4.56. The Bertz CT molecular complexity index is 622. The molecule has 1 saturated heterocycles. The molecule has 7 nitrogen and oxygen atoms in total. The summed E-state index contributed by atoms with van der Waals surface area (Å²) in [6.07, 6.45) is 2.21. The van der Waals surface area contributed by atoms with E-state index in [-0.39, 0.29) is 12.5 Å². The molecule has 2 aliphatic rings. The molecular formula is C18H27N5O2. The van der Waals surface area contributed by atoms with Gasteiger partial charge in [-0.2, -0.15) is 0 Å². The van der Waals surface area contributed by atoms with Crippen molar-refractivity contribution in [1.82, 2.24) is 15.5 Å². The standard InChI is InChI=1S/C18H27N5O2/c1-19-18(20-13-17(24)21-14-6-7-14)23-10-8-22(9-11-23)15-4-3-5-16(12-15)25-2/h3-5,12,14H,6-11,13H2,1-2H3,(H,19,20)(H,21,24). The van der Waals surface area contributed by atoms with Crippen LogP contribution in [0.15, 0.2) is 29.3 Å². The van der Waals surface area contributed by atoms with Crippen molar-refractivity contribution in [3.05, 3.63) is 24.3 Å². The number of carbonyl (C=O) groups is 1. The van der Waals surface area contributed by atoms with Gasteiger partial charge in [0.25, 0.3) is 0 Å². The number of nitrogens with zero attached hydrogens (tertiary/aromatic N) is 3. The van der Waals surface area contributed by atoms with Crippen molar-refractivity contribution in [1.29, 1.82) is 0 Å². The molecule has 1 aliphatic heterocycles. The predicted molar refractivity (Wildman–Crippen MR) is 99.3 cm³/mol. The van der Waals surface area contributed by atoms with Crippen LogP contribution in [0.2, 0.25) is 0 Å². The lowest BCUT2D eigenvalue weighted by molar-refractivity contribution is -0.120. The largest absolute Gasteiger partial charge is 0.497 e. The van der Waals surface area contributed by atoms with Crippen LogP contribution in [0.1, 0.15) is 12.8 Å². The fourth-order valence-electron chi connectivity index (χ4n) is 2.98. The first-order chi connectivity index (χ1) is 12.2. The summed E-state index contributed by atoms with van der Waals surface area (Å²) in [6, 6.07) is 8.53. The van der Waals surface area contributed by atoms with Gasteiger partial charge in [0.05, 0.1) is 13.7 Å². The number of methoxy groups -OCH3 is 1. The summed E-state index contributed by atoms with van der Waals surface area (Å²) in [5.41, 5.74) is 1.17. The number of carbonyl (C=O) groups excluding carboxylic acids is 1. The van der Waals surface area contributed by atoms with Crippen molar-refractivity contribution in [2.45, 2.75) is 18.9 Å². The van der Waals surface area contributed by atoms with Gasteiger partial charge in [0, 0.05) is 51.0 Å². The fraction of sp³-hybridized carbons (Fsp3) is 0.556. The molecule has 0 aromatic heterocycles. The van der Waals surface area contributed by atoms with Crippen LogP contribution in [0.5, 0.6) is 5.75 Å². The van der Waals surface area contributed by atoms with Gasteiger partial charge in [-0.05, 0) is 25.0 Å². The van der Waals surface area contributed by atoms with Gasteiger partial charge in [0.15, 0.2) is 5.96 Å². The molecule has 1 heterocycles. The number of hydrogen-bond donors (Lipinski definition) is 2.